The number of anilines is 1. The highest BCUT2D eigenvalue weighted by atomic mass is 35.5. The van der Waals surface area contributed by atoms with Gasteiger partial charge in [0.05, 0.1) is 12.4 Å². The molecule has 1 amide bonds. The van der Waals surface area contributed by atoms with Gasteiger partial charge in [0.15, 0.2) is 5.16 Å². The Bertz CT molecular complexity index is 1300. The fourth-order valence-corrected chi connectivity index (χ4v) is 5.31. The van der Waals surface area contributed by atoms with E-state index in [0.717, 1.165) is 37.3 Å². The van der Waals surface area contributed by atoms with E-state index in [9.17, 15) is 4.79 Å². The number of ether oxygens (including phenoxy) is 1. The van der Waals surface area contributed by atoms with Gasteiger partial charge >= 0.3 is 0 Å². The molecule has 0 radical (unpaired) electrons. The van der Waals surface area contributed by atoms with E-state index >= 15 is 0 Å². The lowest BCUT2D eigenvalue weighted by Crippen LogP contribution is -2.26. The Balaban J connectivity index is 1.44. The summed E-state index contributed by atoms with van der Waals surface area (Å²) in [5, 5.41) is 3.84. The first kappa shape index (κ1) is 33.7. The molecule has 0 atom stereocenters. The van der Waals surface area contributed by atoms with Gasteiger partial charge in [-0.1, -0.05) is 107 Å². The molecule has 0 bridgehead atoms. The smallest absolute Gasteiger partial charge is 0.230 e. The first-order valence-electron chi connectivity index (χ1n) is 14.9. The van der Waals surface area contributed by atoms with Crippen LogP contribution in [0.2, 0.25) is 5.15 Å². The van der Waals surface area contributed by atoms with Crippen LogP contribution in [0, 0.1) is 0 Å². The molecule has 0 aliphatic carbocycles. The van der Waals surface area contributed by atoms with Crippen molar-refractivity contribution in [1.29, 1.82) is 0 Å². The zero-order chi connectivity index (χ0) is 30.8. The number of hydrogen-bond acceptors (Lipinski definition) is 6. The molecule has 3 aromatic rings. The Morgan fingerprint density at radius 1 is 0.976 bits per heavy atom. The van der Waals surface area contributed by atoms with Gasteiger partial charge in [0.1, 0.15) is 16.7 Å². The van der Waals surface area contributed by atoms with Crippen LogP contribution in [0.15, 0.2) is 59.8 Å². The molecule has 0 saturated carbocycles. The van der Waals surface area contributed by atoms with Gasteiger partial charge in [-0.15, -0.1) is 0 Å². The molecule has 0 unspecified atom stereocenters. The molecule has 1 heterocycles. The van der Waals surface area contributed by atoms with Gasteiger partial charge in [-0.05, 0) is 53.7 Å². The minimum absolute atomic E-state index is 0.0333. The van der Waals surface area contributed by atoms with Crippen molar-refractivity contribution in [3.8, 4) is 5.75 Å². The Labute approximate surface area is 262 Å². The molecule has 228 valence electrons. The van der Waals surface area contributed by atoms with Crippen LogP contribution in [0.3, 0.4) is 0 Å². The molecule has 0 aliphatic heterocycles. The summed E-state index contributed by atoms with van der Waals surface area (Å²) < 4.78 is 6.27. The molecule has 0 saturated heterocycles. The second kappa shape index (κ2) is 15.6. The number of nitrogens with zero attached hydrogens (tertiary/aromatic N) is 3. The lowest BCUT2D eigenvalue weighted by molar-refractivity contribution is -0.118. The van der Waals surface area contributed by atoms with E-state index in [4.69, 9.17) is 16.3 Å². The third-order valence-corrected chi connectivity index (χ3v) is 9.10. The molecular formula is C34H47ClN4O2S. The van der Waals surface area contributed by atoms with E-state index in [1.807, 2.05) is 30.1 Å². The van der Waals surface area contributed by atoms with Gasteiger partial charge in [0.25, 0.3) is 0 Å². The molecule has 0 aliphatic rings. The normalized spacial score (nSPS) is 11.8. The molecule has 1 aromatic heterocycles. The van der Waals surface area contributed by atoms with E-state index in [2.05, 4.69) is 87.2 Å². The number of aromatic nitrogens is 2. The largest absolute Gasteiger partial charge is 0.493 e. The van der Waals surface area contributed by atoms with Crippen LogP contribution >= 0.6 is 23.4 Å². The van der Waals surface area contributed by atoms with Gasteiger partial charge in [0, 0.05) is 31.8 Å². The van der Waals surface area contributed by atoms with E-state index in [1.165, 1.54) is 28.5 Å². The molecule has 42 heavy (non-hydrogen) atoms. The highest BCUT2D eigenvalue weighted by Crippen LogP contribution is 2.38. The summed E-state index contributed by atoms with van der Waals surface area (Å²) in [5.41, 5.74) is 3.96. The van der Waals surface area contributed by atoms with Crippen molar-refractivity contribution in [3.05, 3.63) is 76.4 Å². The van der Waals surface area contributed by atoms with Crippen LogP contribution in [0.5, 0.6) is 5.75 Å². The summed E-state index contributed by atoms with van der Waals surface area (Å²) in [6.07, 6.45) is 3.82. The average Bonchev–Trinajstić information content (AvgIpc) is 2.98. The van der Waals surface area contributed by atoms with Gasteiger partial charge in [0.2, 0.25) is 5.91 Å². The number of carbonyl (C=O) groups excluding carboxylic acids is 1. The van der Waals surface area contributed by atoms with Crippen LogP contribution in [-0.2, 0) is 22.2 Å². The number of halogens is 1. The first-order chi connectivity index (χ1) is 19.9. The summed E-state index contributed by atoms with van der Waals surface area (Å²) >= 11 is 7.55. The minimum atomic E-state index is -0.0511. The summed E-state index contributed by atoms with van der Waals surface area (Å²) in [6, 6.07) is 18.6. The topological polar surface area (TPSA) is 67.3 Å². The predicted octanol–water partition coefficient (Wildman–Crippen LogP) is 8.21. The Morgan fingerprint density at radius 3 is 2.38 bits per heavy atom. The van der Waals surface area contributed by atoms with E-state index in [1.54, 1.807) is 6.07 Å². The molecule has 1 N–H and O–H groups in total. The molecule has 3 rings (SSSR count). The molecule has 0 spiro atoms. The Kier molecular flexibility index (Phi) is 12.6. The fraction of sp³-hybridized carbons (Fsp3) is 0.500. The van der Waals surface area contributed by atoms with Crippen LogP contribution in [0.25, 0.3) is 0 Å². The number of carbonyl (C=O) groups is 1. The second-order valence-electron chi connectivity index (χ2n) is 12.1. The highest BCUT2D eigenvalue weighted by molar-refractivity contribution is 7.99. The lowest BCUT2D eigenvalue weighted by atomic mass is 9.76. The zero-order valence-electron chi connectivity index (χ0n) is 26.3. The third kappa shape index (κ3) is 9.91. The average molecular weight is 611 g/mol. The van der Waals surface area contributed by atoms with E-state index < -0.39 is 0 Å². The second-order valence-corrected chi connectivity index (χ2v) is 13.4. The van der Waals surface area contributed by atoms with Gasteiger partial charge in [-0.25, -0.2) is 9.97 Å². The number of hydrogen-bond donors (Lipinski definition) is 1. The summed E-state index contributed by atoms with van der Waals surface area (Å²) in [4.78, 5) is 23.4. The maximum atomic E-state index is 12.5. The van der Waals surface area contributed by atoms with Crippen molar-refractivity contribution < 1.29 is 9.53 Å². The van der Waals surface area contributed by atoms with Crippen molar-refractivity contribution in [2.75, 3.05) is 30.9 Å². The van der Waals surface area contributed by atoms with E-state index in [-0.39, 0.29) is 22.5 Å². The van der Waals surface area contributed by atoms with Crippen molar-refractivity contribution in [1.82, 2.24) is 15.3 Å². The summed E-state index contributed by atoms with van der Waals surface area (Å²) in [5.74, 6) is 1.86. The maximum absolute atomic E-state index is 12.5. The number of rotatable bonds is 16. The number of unbranched alkanes of at least 4 members (excludes halogenated alkanes) is 1. The Morgan fingerprint density at radius 2 is 1.69 bits per heavy atom. The Hall–Kier alpha value is -2.77. The third-order valence-electron chi connectivity index (χ3n) is 8.06. The van der Waals surface area contributed by atoms with Gasteiger partial charge in [-0.3, -0.25) is 4.79 Å². The van der Waals surface area contributed by atoms with E-state index in [0.29, 0.717) is 30.0 Å². The molecule has 2 aromatic carbocycles. The van der Waals surface area contributed by atoms with Crippen molar-refractivity contribution in [2.45, 2.75) is 89.8 Å². The monoisotopic (exact) mass is 610 g/mol. The van der Waals surface area contributed by atoms with Crippen molar-refractivity contribution in [2.24, 2.45) is 0 Å². The zero-order valence-corrected chi connectivity index (χ0v) is 27.9. The van der Waals surface area contributed by atoms with Crippen LogP contribution in [0.4, 0.5) is 5.82 Å². The summed E-state index contributed by atoms with van der Waals surface area (Å²) in [6.45, 7) is 15.5. The first-order valence-corrected chi connectivity index (χ1v) is 16.3. The predicted molar refractivity (Wildman–Crippen MR) is 177 cm³/mol. The molecule has 8 heteroatoms. The van der Waals surface area contributed by atoms with Crippen molar-refractivity contribution in [3.63, 3.8) is 0 Å². The van der Waals surface area contributed by atoms with Crippen molar-refractivity contribution >= 4 is 35.1 Å². The summed E-state index contributed by atoms with van der Waals surface area (Å²) in [7, 11) is 1.96. The maximum Gasteiger partial charge on any atom is 0.230 e. The number of amides is 1. The molecular weight excluding hydrogens is 564 g/mol. The number of benzene rings is 2. The van der Waals surface area contributed by atoms with Crippen LogP contribution in [0.1, 0.15) is 83.9 Å². The minimum Gasteiger partial charge on any atom is -0.493 e. The standard InChI is InChI=1S/C34H47ClN4O2S/c1-8-33(3,4)26-17-18-28(27(21-26)34(5,6)9-2)41-20-14-13-19-36-31(40)24-42-32-37-29(35)22-30(38-32)39(7)23-25-15-11-10-12-16-25/h10-12,15-18,21-22H,8-9,13-14,19-20,23-24H2,1-7H3,(H,36,40). The quantitative estimate of drug-likeness (QED) is 0.0763. The SMILES string of the molecule is CCC(C)(C)c1ccc(OCCCCNC(=O)CSc2nc(Cl)cc(N(C)Cc3ccccc3)n2)c(C(C)(C)CC)c1. The number of thioether (sulfide) groups is 1. The fourth-order valence-electron chi connectivity index (χ4n) is 4.40. The van der Waals surface area contributed by atoms with Crippen LogP contribution in [-0.4, -0.2) is 41.8 Å². The van der Waals surface area contributed by atoms with Gasteiger partial charge < -0.3 is 15.0 Å². The van der Waals surface area contributed by atoms with Gasteiger partial charge in [-0.2, -0.15) is 0 Å². The highest BCUT2D eigenvalue weighted by Gasteiger charge is 2.26. The molecule has 0 fully saturated rings. The lowest BCUT2D eigenvalue weighted by Gasteiger charge is -2.30. The van der Waals surface area contributed by atoms with Crippen LogP contribution < -0.4 is 15.0 Å². The number of nitrogens with one attached hydrogen (secondary N) is 1. The molecule has 6 nitrogen and oxygen atoms in total.